The van der Waals surface area contributed by atoms with Crippen molar-refractivity contribution in [3.63, 3.8) is 0 Å². The van der Waals surface area contributed by atoms with Gasteiger partial charge in [0, 0.05) is 31.9 Å². The Morgan fingerprint density at radius 1 is 1.30 bits per heavy atom. The number of hydrogen-bond donors (Lipinski definition) is 0. The van der Waals surface area contributed by atoms with E-state index in [0.29, 0.717) is 12.0 Å². The monoisotopic (exact) mass is 314 g/mol. The number of benzene rings is 1. The molecule has 2 bridgehead atoms. The van der Waals surface area contributed by atoms with Crippen molar-refractivity contribution in [1.29, 1.82) is 0 Å². The lowest BCUT2D eigenvalue weighted by Crippen LogP contribution is -2.47. The standard InChI is InChI=1S/C19H26N2O2/c1-3-14-12-20(2)17-7-5-4-6-13(17)11-21(14)19(22)16-10-15-8-9-18(16)23-15/h4-7,14-16,18H,3,8-12H2,1-2H3. The van der Waals surface area contributed by atoms with Crippen LogP contribution in [0.3, 0.4) is 0 Å². The molecule has 1 aromatic carbocycles. The van der Waals surface area contributed by atoms with Crippen LogP contribution >= 0.6 is 0 Å². The number of anilines is 1. The maximum atomic E-state index is 13.3. The minimum absolute atomic E-state index is 0.0818. The van der Waals surface area contributed by atoms with E-state index in [0.717, 1.165) is 38.8 Å². The van der Waals surface area contributed by atoms with Gasteiger partial charge in [-0.3, -0.25) is 4.79 Å². The minimum atomic E-state index is 0.0818. The van der Waals surface area contributed by atoms with Crippen molar-refractivity contribution < 1.29 is 9.53 Å². The van der Waals surface area contributed by atoms with Gasteiger partial charge in [-0.2, -0.15) is 0 Å². The number of likely N-dealkylation sites (N-methyl/N-ethyl adjacent to an activating group) is 1. The first-order chi connectivity index (χ1) is 11.2. The Kier molecular flexibility index (Phi) is 3.80. The molecule has 4 rings (SSSR count). The summed E-state index contributed by atoms with van der Waals surface area (Å²) in [5, 5.41) is 0. The van der Waals surface area contributed by atoms with Gasteiger partial charge in [0.2, 0.25) is 5.91 Å². The minimum Gasteiger partial charge on any atom is -0.374 e. The Morgan fingerprint density at radius 3 is 2.83 bits per heavy atom. The largest absolute Gasteiger partial charge is 0.374 e. The summed E-state index contributed by atoms with van der Waals surface area (Å²) in [6, 6.07) is 8.75. The molecular formula is C19H26N2O2. The van der Waals surface area contributed by atoms with Crippen LogP contribution in [0.5, 0.6) is 0 Å². The molecule has 2 saturated heterocycles. The molecule has 0 saturated carbocycles. The molecule has 3 aliphatic rings. The highest BCUT2D eigenvalue weighted by Crippen LogP contribution is 2.40. The van der Waals surface area contributed by atoms with Gasteiger partial charge < -0.3 is 14.5 Å². The lowest BCUT2D eigenvalue weighted by Gasteiger charge is -2.34. The van der Waals surface area contributed by atoms with E-state index in [1.807, 2.05) is 0 Å². The number of carbonyl (C=O) groups excluding carboxylic acids is 1. The van der Waals surface area contributed by atoms with Crippen molar-refractivity contribution in [3.05, 3.63) is 29.8 Å². The van der Waals surface area contributed by atoms with Gasteiger partial charge in [0.05, 0.1) is 18.1 Å². The molecule has 23 heavy (non-hydrogen) atoms. The maximum Gasteiger partial charge on any atom is 0.229 e. The van der Waals surface area contributed by atoms with E-state index in [-0.39, 0.29) is 18.1 Å². The van der Waals surface area contributed by atoms with Gasteiger partial charge in [0.15, 0.2) is 0 Å². The van der Waals surface area contributed by atoms with Crippen molar-refractivity contribution >= 4 is 11.6 Å². The van der Waals surface area contributed by atoms with Crippen LogP contribution in [-0.2, 0) is 16.1 Å². The predicted octanol–water partition coefficient (Wildman–Crippen LogP) is 2.81. The second-order valence-corrected chi connectivity index (χ2v) is 7.25. The molecule has 0 aromatic heterocycles. The number of nitrogens with zero attached hydrogens (tertiary/aromatic N) is 2. The Morgan fingerprint density at radius 2 is 2.13 bits per heavy atom. The number of hydrogen-bond acceptors (Lipinski definition) is 3. The van der Waals surface area contributed by atoms with Crippen LogP contribution in [0.25, 0.3) is 0 Å². The molecule has 124 valence electrons. The van der Waals surface area contributed by atoms with E-state index in [2.05, 4.69) is 48.0 Å². The fourth-order valence-corrected chi connectivity index (χ4v) is 4.56. The maximum absolute atomic E-state index is 13.3. The normalized spacial score (nSPS) is 32.8. The van der Waals surface area contributed by atoms with Crippen LogP contribution in [-0.4, -0.2) is 42.6 Å². The highest BCUT2D eigenvalue weighted by atomic mass is 16.5. The lowest BCUT2D eigenvalue weighted by molar-refractivity contribution is -0.140. The van der Waals surface area contributed by atoms with Crippen LogP contribution in [0.4, 0.5) is 5.69 Å². The zero-order valence-corrected chi connectivity index (χ0v) is 14.1. The van der Waals surface area contributed by atoms with Gasteiger partial charge in [-0.1, -0.05) is 25.1 Å². The SMILES string of the molecule is CCC1CN(C)c2ccccc2CN1C(=O)C1CC2CCC1O2. The zero-order chi connectivity index (χ0) is 16.0. The molecule has 0 spiro atoms. The van der Waals surface area contributed by atoms with Crippen molar-refractivity contribution in [3.8, 4) is 0 Å². The van der Waals surface area contributed by atoms with Gasteiger partial charge in [-0.25, -0.2) is 0 Å². The number of carbonyl (C=O) groups is 1. The van der Waals surface area contributed by atoms with Crippen LogP contribution in [0.15, 0.2) is 24.3 Å². The quantitative estimate of drug-likeness (QED) is 0.841. The first-order valence-electron chi connectivity index (χ1n) is 8.92. The van der Waals surface area contributed by atoms with Gasteiger partial charge in [0.25, 0.3) is 0 Å². The second-order valence-electron chi connectivity index (χ2n) is 7.25. The third-order valence-electron chi connectivity index (χ3n) is 5.85. The van der Waals surface area contributed by atoms with Crippen LogP contribution in [0.2, 0.25) is 0 Å². The van der Waals surface area contributed by atoms with E-state index in [4.69, 9.17) is 4.74 Å². The summed E-state index contributed by atoms with van der Waals surface area (Å²) < 4.78 is 5.93. The summed E-state index contributed by atoms with van der Waals surface area (Å²) in [6.07, 6.45) is 4.61. The third kappa shape index (κ3) is 2.53. The molecule has 3 aliphatic heterocycles. The van der Waals surface area contributed by atoms with Gasteiger partial charge in [0.1, 0.15) is 0 Å². The molecule has 0 aliphatic carbocycles. The molecule has 4 atom stereocenters. The Balaban J connectivity index is 1.62. The first-order valence-corrected chi connectivity index (χ1v) is 8.92. The molecule has 4 unspecified atom stereocenters. The summed E-state index contributed by atoms with van der Waals surface area (Å²) in [6.45, 7) is 3.82. The van der Waals surface area contributed by atoms with E-state index in [1.165, 1.54) is 11.3 Å². The summed E-state index contributed by atoms with van der Waals surface area (Å²) in [5.74, 6) is 0.396. The van der Waals surface area contributed by atoms with Crippen molar-refractivity contribution in [2.75, 3.05) is 18.5 Å². The third-order valence-corrected chi connectivity index (χ3v) is 5.85. The van der Waals surface area contributed by atoms with Crippen molar-refractivity contribution in [2.45, 2.75) is 57.4 Å². The average Bonchev–Trinajstić information content (AvgIpc) is 3.17. The van der Waals surface area contributed by atoms with Gasteiger partial charge >= 0.3 is 0 Å². The molecule has 0 N–H and O–H groups in total. The molecule has 4 nitrogen and oxygen atoms in total. The Labute approximate surface area is 138 Å². The summed E-state index contributed by atoms with van der Waals surface area (Å²) in [4.78, 5) is 17.7. The van der Waals surface area contributed by atoms with E-state index in [9.17, 15) is 4.79 Å². The highest BCUT2D eigenvalue weighted by molar-refractivity contribution is 5.81. The smallest absolute Gasteiger partial charge is 0.229 e. The van der Waals surface area contributed by atoms with E-state index < -0.39 is 0 Å². The van der Waals surface area contributed by atoms with Gasteiger partial charge in [-0.15, -0.1) is 0 Å². The summed E-state index contributed by atoms with van der Waals surface area (Å²) in [5.41, 5.74) is 2.51. The van der Waals surface area contributed by atoms with Crippen LogP contribution < -0.4 is 4.90 Å². The number of para-hydroxylation sites is 1. The average molecular weight is 314 g/mol. The fraction of sp³-hybridized carbons (Fsp3) is 0.632. The molecule has 1 amide bonds. The summed E-state index contributed by atoms with van der Waals surface area (Å²) in [7, 11) is 2.14. The van der Waals surface area contributed by atoms with Crippen LogP contribution in [0, 0.1) is 5.92 Å². The molecule has 4 heteroatoms. The highest BCUT2D eigenvalue weighted by Gasteiger charge is 2.46. The molecule has 1 aromatic rings. The number of fused-ring (bicyclic) bond motifs is 3. The Bertz CT molecular complexity index is 603. The van der Waals surface area contributed by atoms with Crippen LogP contribution in [0.1, 0.15) is 38.2 Å². The van der Waals surface area contributed by atoms with Gasteiger partial charge in [-0.05, 0) is 37.3 Å². The van der Waals surface area contributed by atoms with Crippen molar-refractivity contribution in [2.24, 2.45) is 5.92 Å². The van der Waals surface area contributed by atoms with E-state index >= 15 is 0 Å². The first kappa shape index (κ1) is 15.0. The number of ether oxygens (including phenoxy) is 1. The lowest BCUT2D eigenvalue weighted by atomic mass is 9.87. The number of amides is 1. The fourth-order valence-electron chi connectivity index (χ4n) is 4.56. The zero-order valence-electron chi connectivity index (χ0n) is 14.1. The second kappa shape index (κ2) is 5.82. The predicted molar refractivity (Wildman–Crippen MR) is 90.3 cm³/mol. The molecule has 0 radical (unpaired) electrons. The topological polar surface area (TPSA) is 32.8 Å². The summed E-state index contributed by atoms with van der Waals surface area (Å²) >= 11 is 0. The number of rotatable bonds is 2. The van der Waals surface area contributed by atoms with Crippen molar-refractivity contribution in [1.82, 2.24) is 4.90 Å². The molecule has 3 heterocycles. The molecule has 2 fully saturated rings. The Hall–Kier alpha value is -1.55. The molecular weight excluding hydrogens is 288 g/mol. The van der Waals surface area contributed by atoms with E-state index in [1.54, 1.807) is 0 Å².